The summed E-state index contributed by atoms with van der Waals surface area (Å²) in [5, 5.41) is 7.32. The number of amides is 2. The van der Waals surface area contributed by atoms with Gasteiger partial charge < -0.3 is 9.80 Å². The Balaban J connectivity index is 1.66. The van der Waals surface area contributed by atoms with Crippen molar-refractivity contribution < 1.29 is 9.59 Å². The summed E-state index contributed by atoms with van der Waals surface area (Å²) in [6.45, 7) is 12.1. The highest BCUT2D eigenvalue weighted by Crippen LogP contribution is 2.32. The number of piperidine rings is 2. The zero-order chi connectivity index (χ0) is 20.5. The molecule has 1 aromatic heterocycles. The Hall–Kier alpha value is -1.85. The van der Waals surface area contributed by atoms with Crippen LogP contribution in [-0.2, 0) is 4.79 Å². The fourth-order valence-electron chi connectivity index (χ4n) is 4.72. The molecule has 3 heterocycles. The SMILES string of the molecule is C[C@@H]1CCC[C@@H](C)N1C(=O)c1cn[nH]c1C1CCN(C(=O)CC(C)(C)C)CC1. The van der Waals surface area contributed by atoms with Crippen molar-refractivity contribution in [3.05, 3.63) is 17.5 Å². The number of nitrogens with one attached hydrogen (secondary N) is 1. The molecule has 2 aliphatic rings. The Bertz CT molecular complexity index is 688. The highest BCUT2D eigenvalue weighted by molar-refractivity contribution is 5.95. The minimum absolute atomic E-state index is 0.0126. The molecule has 0 unspecified atom stereocenters. The second kappa shape index (κ2) is 8.26. The third-order valence-corrected chi connectivity index (χ3v) is 6.26. The first-order valence-corrected chi connectivity index (χ1v) is 10.8. The normalized spacial score (nSPS) is 24.5. The Morgan fingerprint density at radius 1 is 1.11 bits per heavy atom. The fourth-order valence-corrected chi connectivity index (χ4v) is 4.72. The van der Waals surface area contributed by atoms with Gasteiger partial charge in [0.05, 0.1) is 17.5 Å². The number of aromatic amines is 1. The van der Waals surface area contributed by atoms with Crippen molar-refractivity contribution in [2.45, 2.75) is 91.1 Å². The number of likely N-dealkylation sites (tertiary alicyclic amines) is 2. The Kier molecular flexibility index (Phi) is 6.15. The summed E-state index contributed by atoms with van der Waals surface area (Å²) in [5.74, 6) is 0.605. The summed E-state index contributed by atoms with van der Waals surface area (Å²) in [5.41, 5.74) is 1.69. The fraction of sp³-hybridized carbons (Fsp3) is 0.773. The molecule has 2 amide bonds. The van der Waals surface area contributed by atoms with E-state index in [0.29, 0.717) is 6.42 Å². The average Bonchev–Trinajstić information content (AvgIpc) is 3.10. The van der Waals surface area contributed by atoms with E-state index >= 15 is 0 Å². The number of H-pyrrole nitrogens is 1. The van der Waals surface area contributed by atoms with Gasteiger partial charge in [-0.05, 0) is 51.4 Å². The van der Waals surface area contributed by atoms with Crippen LogP contribution in [0.4, 0.5) is 0 Å². The van der Waals surface area contributed by atoms with Crippen molar-refractivity contribution in [1.82, 2.24) is 20.0 Å². The molecule has 156 valence electrons. The maximum atomic E-state index is 13.3. The third-order valence-electron chi connectivity index (χ3n) is 6.26. The maximum absolute atomic E-state index is 13.3. The lowest BCUT2D eigenvalue weighted by atomic mass is 9.88. The van der Waals surface area contributed by atoms with Gasteiger partial charge in [0.25, 0.3) is 5.91 Å². The molecule has 2 aliphatic heterocycles. The van der Waals surface area contributed by atoms with E-state index in [1.807, 2.05) is 9.80 Å². The topological polar surface area (TPSA) is 69.3 Å². The van der Waals surface area contributed by atoms with Crippen molar-refractivity contribution in [3.8, 4) is 0 Å². The lowest BCUT2D eigenvalue weighted by molar-refractivity contribution is -0.134. The van der Waals surface area contributed by atoms with Gasteiger partial charge in [0.2, 0.25) is 5.91 Å². The van der Waals surface area contributed by atoms with Crippen LogP contribution in [0.25, 0.3) is 0 Å². The molecule has 6 nitrogen and oxygen atoms in total. The molecule has 0 radical (unpaired) electrons. The van der Waals surface area contributed by atoms with Crippen LogP contribution in [0.15, 0.2) is 6.20 Å². The van der Waals surface area contributed by atoms with Crippen LogP contribution >= 0.6 is 0 Å². The first-order valence-electron chi connectivity index (χ1n) is 10.8. The lowest BCUT2D eigenvalue weighted by Crippen LogP contribution is -2.47. The first-order chi connectivity index (χ1) is 13.2. The zero-order valence-electron chi connectivity index (χ0n) is 18.1. The molecule has 1 N–H and O–H groups in total. The largest absolute Gasteiger partial charge is 0.343 e. The minimum atomic E-state index is 0.0126. The summed E-state index contributed by atoms with van der Waals surface area (Å²) in [4.78, 5) is 29.8. The molecule has 28 heavy (non-hydrogen) atoms. The summed E-state index contributed by atoms with van der Waals surface area (Å²) in [6.07, 6.45) is 7.35. The molecule has 6 heteroatoms. The van der Waals surface area contributed by atoms with Gasteiger partial charge in [0, 0.05) is 37.5 Å². The summed E-state index contributed by atoms with van der Waals surface area (Å²) in [7, 11) is 0. The summed E-state index contributed by atoms with van der Waals surface area (Å²) >= 11 is 0. The van der Waals surface area contributed by atoms with Crippen molar-refractivity contribution in [2.24, 2.45) is 5.41 Å². The molecular formula is C22H36N4O2. The van der Waals surface area contributed by atoms with Crippen LogP contribution in [0.1, 0.15) is 95.1 Å². The van der Waals surface area contributed by atoms with E-state index in [2.05, 4.69) is 44.8 Å². The lowest BCUT2D eigenvalue weighted by Gasteiger charge is -2.39. The van der Waals surface area contributed by atoms with Crippen molar-refractivity contribution in [1.29, 1.82) is 0 Å². The number of hydrogen-bond donors (Lipinski definition) is 1. The monoisotopic (exact) mass is 388 g/mol. The highest BCUT2D eigenvalue weighted by Gasteiger charge is 2.34. The van der Waals surface area contributed by atoms with Gasteiger partial charge in [0.1, 0.15) is 0 Å². The van der Waals surface area contributed by atoms with E-state index in [9.17, 15) is 9.59 Å². The number of nitrogens with zero attached hydrogens (tertiary/aromatic N) is 3. The van der Waals surface area contributed by atoms with Crippen LogP contribution in [0.2, 0.25) is 0 Å². The van der Waals surface area contributed by atoms with E-state index in [4.69, 9.17) is 0 Å². The van der Waals surface area contributed by atoms with E-state index in [0.717, 1.165) is 50.0 Å². The Labute approximate surface area is 169 Å². The molecule has 0 aliphatic carbocycles. The summed E-state index contributed by atoms with van der Waals surface area (Å²) < 4.78 is 0. The minimum Gasteiger partial charge on any atom is -0.343 e. The second-order valence-electron chi connectivity index (χ2n) is 9.93. The Morgan fingerprint density at radius 3 is 2.29 bits per heavy atom. The van der Waals surface area contributed by atoms with Gasteiger partial charge in [0.15, 0.2) is 0 Å². The van der Waals surface area contributed by atoms with Crippen molar-refractivity contribution in [2.75, 3.05) is 13.1 Å². The number of aromatic nitrogens is 2. The van der Waals surface area contributed by atoms with Crippen LogP contribution in [-0.4, -0.2) is 57.0 Å². The Morgan fingerprint density at radius 2 is 1.71 bits per heavy atom. The molecule has 2 saturated heterocycles. The second-order valence-corrected chi connectivity index (χ2v) is 9.93. The van der Waals surface area contributed by atoms with Crippen molar-refractivity contribution >= 4 is 11.8 Å². The quantitative estimate of drug-likeness (QED) is 0.852. The van der Waals surface area contributed by atoms with E-state index in [1.54, 1.807) is 6.20 Å². The number of carbonyl (C=O) groups excluding carboxylic acids is 2. The molecule has 2 atom stereocenters. The van der Waals surface area contributed by atoms with Gasteiger partial charge in [-0.3, -0.25) is 14.7 Å². The smallest absolute Gasteiger partial charge is 0.257 e. The molecule has 0 bridgehead atoms. The maximum Gasteiger partial charge on any atom is 0.257 e. The van der Waals surface area contributed by atoms with E-state index in [1.165, 1.54) is 6.42 Å². The number of hydrogen-bond acceptors (Lipinski definition) is 3. The summed E-state index contributed by atoms with van der Waals surface area (Å²) in [6, 6.07) is 0.548. The molecule has 1 aromatic rings. The van der Waals surface area contributed by atoms with Gasteiger partial charge in [-0.25, -0.2) is 0 Å². The van der Waals surface area contributed by atoms with Crippen molar-refractivity contribution in [3.63, 3.8) is 0 Å². The molecule has 0 spiro atoms. The molecule has 0 aromatic carbocycles. The third kappa shape index (κ3) is 4.58. The van der Waals surface area contributed by atoms with E-state index < -0.39 is 0 Å². The van der Waals surface area contributed by atoms with Gasteiger partial charge >= 0.3 is 0 Å². The average molecular weight is 389 g/mol. The predicted octanol–water partition coefficient (Wildman–Crippen LogP) is 3.96. The molecule has 2 fully saturated rings. The molecular weight excluding hydrogens is 352 g/mol. The molecule has 3 rings (SSSR count). The van der Waals surface area contributed by atoms with E-state index in [-0.39, 0.29) is 35.2 Å². The standard InChI is InChI=1S/C22H36N4O2/c1-15-7-6-8-16(2)26(15)21(28)18-14-23-24-20(18)17-9-11-25(12-10-17)19(27)13-22(3,4)5/h14-17H,6-13H2,1-5H3,(H,23,24)/t15-,16-/m1/s1. The van der Waals surface area contributed by atoms with Crippen LogP contribution < -0.4 is 0 Å². The highest BCUT2D eigenvalue weighted by atomic mass is 16.2. The molecule has 0 saturated carbocycles. The number of rotatable bonds is 3. The predicted molar refractivity (Wildman–Crippen MR) is 110 cm³/mol. The zero-order valence-corrected chi connectivity index (χ0v) is 18.1. The van der Waals surface area contributed by atoms with Crippen LogP contribution in [0, 0.1) is 5.41 Å². The van der Waals surface area contributed by atoms with Gasteiger partial charge in [-0.2, -0.15) is 5.10 Å². The van der Waals surface area contributed by atoms with Crippen LogP contribution in [0.5, 0.6) is 0 Å². The van der Waals surface area contributed by atoms with Gasteiger partial charge in [-0.1, -0.05) is 20.8 Å². The number of carbonyl (C=O) groups is 2. The first kappa shape index (κ1) is 20.9. The van der Waals surface area contributed by atoms with Gasteiger partial charge in [-0.15, -0.1) is 0 Å². The van der Waals surface area contributed by atoms with Crippen LogP contribution in [0.3, 0.4) is 0 Å².